The summed E-state index contributed by atoms with van der Waals surface area (Å²) in [5, 5.41) is 21.0. The summed E-state index contributed by atoms with van der Waals surface area (Å²) in [4.78, 5) is 27.0. The highest BCUT2D eigenvalue weighted by Crippen LogP contribution is 2.41. The van der Waals surface area contributed by atoms with Crippen LogP contribution < -0.4 is 9.47 Å². The Morgan fingerprint density at radius 2 is 1.83 bits per heavy atom. The number of likely N-dealkylation sites (tertiary alicyclic amines) is 1. The molecule has 0 aliphatic carbocycles. The molecule has 1 aliphatic heterocycles. The second kappa shape index (κ2) is 8.87. The molecule has 0 radical (unpaired) electrons. The summed E-state index contributed by atoms with van der Waals surface area (Å²) in [7, 11) is 4.41. The van der Waals surface area contributed by atoms with E-state index < -0.39 is 17.7 Å². The van der Waals surface area contributed by atoms with Crippen molar-refractivity contribution in [3.8, 4) is 17.2 Å². The van der Waals surface area contributed by atoms with Crippen LogP contribution in [0, 0.1) is 0 Å². The summed E-state index contributed by atoms with van der Waals surface area (Å²) in [6.07, 6.45) is 0. The van der Waals surface area contributed by atoms with Gasteiger partial charge in [0.1, 0.15) is 23.0 Å². The van der Waals surface area contributed by atoms with Gasteiger partial charge < -0.3 is 29.3 Å². The van der Waals surface area contributed by atoms with Gasteiger partial charge in [-0.3, -0.25) is 9.59 Å². The maximum absolute atomic E-state index is 12.9. The smallest absolute Gasteiger partial charge is 0.295 e. The number of aliphatic hydroxyl groups is 1. The monoisotopic (exact) mass is 413 g/mol. The van der Waals surface area contributed by atoms with Crippen molar-refractivity contribution in [1.82, 2.24) is 4.90 Å². The molecule has 1 saturated heterocycles. The first-order chi connectivity index (χ1) is 14.4. The molecule has 1 unspecified atom stereocenters. The van der Waals surface area contributed by atoms with E-state index in [4.69, 9.17) is 14.2 Å². The Kier molecular flexibility index (Phi) is 6.27. The Labute approximate surface area is 173 Å². The molecule has 1 atom stereocenters. The van der Waals surface area contributed by atoms with Gasteiger partial charge in [-0.25, -0.2) is 0 Å². The number of rotatable bonds is 7. The van der Waals surface area contributed by atoms with Crippen molar-refractivity contribution in [2.75, 3.05) is 34.5 Å². The number of hydrogen-bond acceptors (Lipinski definition) is 7. The molecule has 2 aromatic rings. The lowest BCUT2D eigenvalue weighted by atomic mass is 9.95. The van der Waals surface area contributed by atoms with E-state index in [9.17, 15) is 19.8 Å². The minimum atomic E-state index is -0.890. The van der Waals surface area contributed by atoms with Gasteiger partial charge in [-0.1, -0.05) is 12.1 Å². The van der Waals surface area contributed by atoms with Crippen molar-refractivity contribution in [2.24, 2.45) is 0 Å². The fourth-order valence-corrected chi connectivity index (χ4v) is 3.48. The highest BCUT2D eigenvalue weighted by molar-refractivity contribution is 6.46. The van der Waals surface area contributed by atoms with E-state index in [0.29, 0.717) is 11.3 Å². The number of phenolic OH excluding ortho intramolecular Hbond substituents is 1. The van der Waals surface area contributed by atoms with E-state index in [1.165, 1.54) is 38.4 Å². The largest absolute Gasteiger partial charge is 0.508 e. The van der Waals surface area contributed by atoms with Crippen LogP contribution >= 0.6 is 0 Å². The lowest BCUT2D eigenvalue weighted by Crippen LogP contribution is -2.32. The fourth-order valence-electron chi connectivity index (χ4n) is 3.48. The van der Waals surface area contributed by atoms with Gasteiger partial charge >= 0.3 is 0 Å². The standard InChI is InChI=1S/C22H23NO7/c1-28-10-9-23-19(13-5-4-6-14(24)11-13)18(21(26)22(23)27)20(25)16-8-7-15(29-2)12-17(16)30-3/h4-8,11-12,19,24-25H,9-10H2,1-3H3/b20-18-. The van der Waals surface area contributed by atoms with Crippen LogP contribution in [0.2, 0.25) is 0 Å². The number of phenols is 1. The number of amides is 1. The number of carbonyl (C=O) groups excluding carboxylic acids is 2. The Hall–Kier alpha value is -3.52. The third kappa shape index (κ3) is 3.81. The number of ketones is 1. The molecule has 30 heavy (non-hydrogen) atoms. The van der Waals surface area contributed by atoms with Crippen LogP contribution in [-0.2, 0) is 14.3 Å². The van der Waals surface area contributed by atoms with Crippen molar-refractivity contribution in [2.45, 2.75) is 6.04 Å². The first-order valence-electron chi connectivity index (χ1n) is 9.21. The molecule has 2 aromatic carbocycles. The van der Waals surface area contributed by atoms with Crippen LogP contribution in [0.4, 0.5) is 0 Å². The molecule has 0 bridgehead atoms. The predicted molar refractivity (Wildman–Crippen MR) is 109 cm³/mol. The molecule has 8 heteroatoms. The van der Waals surface area contributed by atoms with E-state index in [2.05, 4.69) is 0 Å². The van der Waals surface area contributed by atoms with Crippen molar-refractivity contribution in [1.29, 1.82) is 0 Å². The van der Waals surface area contributed by atoms with E-state index in [-0.39, 0.29) is 41.5 Å². The van der Waals surface area contributed by atoms with Crippen molar-refractivity contribution in [3.05, 3.63) is 59.2 Å². The SMILES string of the molecule is COCCN1C(=O)C(=O)/C(=C(\O)c2ccc(OC)cc2OC)C1c1cccc(O)c1. The maximum Gasteiger partial charge on any atom is 0.295 e. The lowest BCUT2D eigenvalue weighted by molar-refractivity contribution is -0.140. The number of hydrogen-bond donors (Lipinski definition) is 2. The predicted octanol–water partition coefficient (Wildman–Crippen LogP) is 2.48. The van der Waals surface area contributed by atoms with E-state index in [1.807, 2.05) is 0 Å². The van der Waals surface area contributed by atoms with Crippen LogP contribution in [-0.4, -0.2) is 61.3 Å². The van der Waals surface area contributed by atoms with Crippen LogP contribution in [0.5, 0.6) is 17.2 Å². The van der Waals surface area contributed by atoms with Gasteiger partial charge in [-0.2, -0.15) is 0 Å². The van der Waals surface area contributed by atoms with Crippen LogP contribution in [0.15, 0.2) is 48.0 Å². The van der Waals surface area contributed by atoms with Gasteiger partial charge in [0.05, 0.1) is 38.0 Å². The quantitative estimate of drug-likeness (QED) is 0.408. The summed E-state index contributed by atoms with van der Waals surface area (Å²) in [6.45, 7) is 0.339. The van der Waals surface area contributed by atoms with Crippen LogP contribution in [0.3, 0.4) is 0 Å². The Morgan fingerprint density at radius 3 is 2.47 bits per heavy atom. The van der Waals surface area contributed by atoms with Gasteiger partial charge in [-0.15, -0.1) is 0 Å². The third-order valence-corrected chi connectivity index (χ3v) is 4.93. The zero-order valence-electron chi connectivity index (χ0n) is 16.9. The van der Waals surface area contributed by atoms with E-state index in [0.717, 1.165) is 0 Å². The number of benzene rings is 2. The Bertz CT molecular complexity index is 999. The molecule has 2 N–H and O–H groups in total. The molecule has 0 spiro atoms. The van der Waals surface area contributed by atoms with Crippen molar-refractivity contribution in [3.63, 3.8) is 0 Å². The van der Waals surface area contributed by atoms with Crippen molar-refractivity contribution >= 4 is 17.4 Å². The minimum absolute atomic E-state index is 0.0214. The topological polar surface area (TPSA) is 106 Å². The first kappa shape index (κ1) is 21.2. The summed E-state index contributed by atoms with van der Waals surface area (Å²) in [5.41, 5.74) is 0.637. The first-order valence-corrected chi connectivity index (χ1v) is 9.21. The van der Waals surface area contributed by atoms with Crippen molar-refractivity contribution < 1.29 is 34.0 Å². The highest BCUT2D eigenvalue weighted by Gasteiger charge is 2.46. The average Bonchev–Trinajstić information content (AvgIpc) is 3.01. The molecule has 1 amide bonds. The minimum Gasteiger partial charge on any atom is -0.508 e. The number of Topliss-reactive ketones (excluding diaryl/α,β-unsaturated/α-hetero) is 1. The second-order valence-electron chi connectivity index (χ2n) is 6.65. The third-order valence-electron chi connectivity index (χ3n) is 4.93. The molecule has 1 aliphatic rings. The molecule has 158 valence electrons. The number of methoxy groups -OCH3 is 3. The zero-order chi connectivity index (χ0) is 21.8. The molecular weight excluding hydrogens is 390 g/mol. The summed E-state index contributed by atoms with van der Waals surface area (Å²) in [6, 6.07) is 10.1. The number of aliphatic hydroxyl groups excluding tert-OH is 1. The molecule has 0 saturated carbocycles. The number of nitrogens with zero attached hydrogens (tertiary/aromatic N) is 1. The van der Waals surface area contributed by atoms with Gasteiger partial charge in [0.15, 0.2) is 0 Å². The van der Waals surface area contributed by atoms with Gasteiger partial charge in [-0.05, 0) is 29.8 Å². The maximum atomic E-state index is 12.9. The lowest BCUT2D eigenvalue weighted by Gasteiger charge is -2.25. The second-order valence-corrected chi connectivity index (χ2v) is 6.65. The molecular formula is C22H23NO7. The fraction of sp³-hybridized carbons (Fsp3) is 0.273. The summed E-state index contributed by atoms with van der Waals surface area (Å²) < 4.78 is 15.6. The summed E-state index contributed by atoms with van der Waals surface area (Å²) in [5.74, 6) is -1.18. The molecule has 3 rings (SSSR count). The number of carbonyl (C=O) groups is 2. The molecule has 1 heterocycles. The van der Waals surface area contributed by atoms with Gasteiger partial charge in [0.2, 0.25) is 0 Å². The van der Waals surface area contributed by atoms with Crippen LogP contribution in [0.1, 0.15) is 17.2 Å². The Morgan fingerprint density at radius 1 is 1.07 bits per heavy atom. The normalized spacial score (nSPS) is 18.0. The number of aromatic hydroxyl groups is 1. The van der Waals surface area contributed by atoms with Gasteiger partial charge in [0.25, 0.3) is 11.7 Å². The Balaban J connectivity index is 2.21. The van der Waals surface area contributed by atoms with E-state index >= 15 is 0 Å². The zero-order valence-corrected chi connectivity index (χ0v) is 16.9. The average molecular weight is 413 g/mol. The number of ether oxygens (including phenoxy) is 3. The van der Waals surface area contributed by atoms with E-state index in [1.54, 1.807) is 30.3 Å². The molecule has 8 nitrogen and oxygen atoms in total. The molecule has 1 fully saturated rings. The molecule has 0 aromatic heterocycles. The van der Waals surface area contributed by atoms with Gasteiger partial charge in [0, 0.05) is 19.7 Å². The summed E-state index contributed by atoms with van der Waals surface area (Å²) >= 11 is 0. The van der Waals surface area contributed by atoms with Crippen LogP contribution in [0.25, 0.3) is 5.76 Å². The highest BCUT2D eigenvalue weighted by atomic mass is 16.5.